The second-order valence-corrected chi connectivity index (χ2v) is 8.94. The zero-order valence-corrected chi connectivity index (χ0v) is 16.9. The number of ether oxygens (including phenoxy) is 1. The molecule has 1 atom stereocenters. The van der Waals surface area contributed by atoms with Crippen molar-refractivity contribution in [2.75, 3.05) is 20.2 Å². The van der Waals surface area contributed by atoms with Gasteiger partial charge in [0.2, 0.25) is 10.0 Å². The van der Waals surface area contributed by atoms with Crippen LogP contribution < -0.4 is 4.74 Å². The SMILES string of the molecule is COc1ccc(S(=O)(=O)N2CCCC(Cc3noc(-c4ccncc4)n3)C2)cc1. The van der Waals surface area contributed by atoms with Crippen molar-refractivity contribution >= 4 is 10.0 Å². The topological polar surface area (TPSA) is 98.4 Å². The first-order chi connectivity index (χ1) is 14.1. The molecule has 3 heterocycles. The van der Waals surface area contributed by atoms with E-state index < -0.39 is 10.0 Å². The number of rotatable bonds is 6. The van der Waals surface area contributed by atoms with Crippen molar-refractivity contribution < 1.29 is 17.7 Å². The van der Waals surface area contributed by atoms with Gasteiger partial charge in [0.15, 0.2) is 5.82 Å². The molecule has 0 spiro atoms. The fourth-order valence-corrected chi connectivity index (χ4v) is 5.07. The summed E-state index contributed by atoms with van der Waals surface area (Å²) in [5.41, 5.74) is 0.811. The van der Waals surface area contributed by atoms with Gasteiger partial charge < -0.3 is 9.26 Å². The molecule has 8 nitrogen and oxygen atoms in total. The lowest BCUT2D eigenvalue weighted by Crippen LogP contribution is -2.40. The number of pyridine rings is 1. The third-order valence-electron chi connectivity index (χ3n) is 5.05. The molecule has 1 unspecified atom stereocenters. The van der Waals surface area contributed by atoms with E-state index in [0.717, 1.165) is 18.4 Å². The Morgan fingerprint density at radius 3 is 2.66 bits per heavy atom. The zero-order valence-electron chi connectivity index (χ0n) is 16.1. The maximum atomic E-state index is 13.0. The molecule has 0 amide bonds. The zero-order chi connectivity index (χ0) is 20.3. The molecule has 1 fully saturated rings. The summed E-state index contributed by atoms with van der Waals surface area (Å²) in [5, 5.41) is 4.06. The Balaban J connectivity index is 1.45. The number of benzene rings is 1. The largest absolute Gasteiger partial charge is 0.497 e. The molecule has 0 saturated carbocycles. The van der Waals surface area contributed by atoms with E-state index in [1.807, 2.05) is 0 Å². The predicted octanol–water partition coefficient (Wildman–Crippen LogP) is 2.78. The van der Waals surface area contributed by atoms with Gasteiger partial charge in [-0.15, -0.1) is 0 Å². The smallest absolute Gasteiger partial charge is 0.258 e. The quantitative estimate of drug-likeness (QED) is 0.611. The normalized spacial score (nSPS) is 17.9. The predicted molar refractivity (Wildman–Crippen MR) is 106 cm³/mol. The van der Waals surface area contributed by atoms with Crippen LogP contribution in [0.1, 0.15) is 18.7 Å². The standard InChI is InChI=1S/C20H22N4O4S/c1-27-17-4-6-18(7-5-17)29(25,26)24-12-2-3-15(14-24)13-19-22-20(28-23-19)16-8-10-21-11-9-16/h4-11,15H,2-3,12-14H2,1H3. The van der Waals surface area contributed by atoms with Crippen molar-refractivity contribution in [1.29, 1.82) is 0 Å². The molecule has 4 rings (SSSR count). The first-order valence-corrected chi connectivity index (χ1v) is 10.9. The van der Waals surface area contributed by atoms with E-state index >= 15 is 0 Å². The molecule has 152 valence electrons. The molecule has 1 aliphatic rings. The molecule has 0 radical (unpaired) electrons. The molecule has 3 aromatic rings. The van der Waals surface area contributed by atoms with Crippen molar-refractivity contribution in [2.24, 2.45) is 5.92 Å². The first-order valence-electron chi connectivity index (χ1n) is 9.43. The Hall–Kier alpha value is -2.78. The average molecular weight is 414 g/mol. The Morgan fingerprint density at radius 1 is 1.17 bits per heavy atom. The van der Waals surface area contributed by atoms with Crippen LogP contribution in [0, 0.1) is 5.92 Å². The van der Waals surface area contributed by atoms with Gasteiger partial charge in [0, 0.05) is 37.5 Å². The Morgan fingerprint density at radius 2 is 1.93 bits per heavy atom. The van der Waals surface area contributed by atoms with E-state index in [1.165, 1.54) is 0 Å². The highest BCUT2D eigenvalue weighted by Gasteiger charge is 2.31. The molecule has 1 saturated heterocycles. The van der Waals surface area contributed by atoms with E-state index in [2.05, 4.69) is 15.1 Å². The van der Waals surface area contributed by atoms with Crippen LogP contribution in [-0.4, -0.2) is 48.0 Å². The van der Waals surface area contributed by atoms with Gasteiger partial charge in [-0.05, 0) is 55.2 Å². The van der Waals surface area contributed by atoms with Crippen molar-refractivity contribution in [3.8, 4) is 17.2 Å². The molecule has 1 aromatic carbocycles. The lowest BCUT2D eigenvalue weighted by atomic mass is 9.96. The van der Waals surface area contributed by atoms with Gasteiger partial charge in [-0.25, -0.2) is 8.42 Å². The number of hydrogen-bond donors (Lipinski definition) is 0. The van der Waals surface area contributed by atoms with Crippen LogP contribution in [0.4, 0.5) is 0 Å². The van der Waals surface area contributed by atoms with Crippen molar-refractivity contribution in [2.45, 2.75) is 24.2 Å². The van der Waals surface area contributed by atoms with Gasteiger partial charge in [-0.1, -0.05) is 5.16 Å². The fourth-order valence-electron chi connectivity index (χ4n) is 3.52. The first kappa shape index (κ1) is 19.5. The Kier molecular flexibility index (Phi) is 5.59. The summed E-state index contributed by atoms with van der Waals surface area (Å²) in [4.78, 5) is 8.71. The third kappa shape index (κ3) is 4.30. The van der Waals surface area contributed by atoms with E-state index in [-0.39, 0.29) is 10.8 Å². The van der Waals surface area contributed by atoms with Crippen LogP contribution in [0.25, 0.3) is 11.5 Å². The van der Waals surface area contributed by atoms with Gasteiger partial charge >= 0.3 is 0 Å². The number of nitrogens with zero attached hydrogens (tertiary/aromatic N) is 4. The highest BCUT2D eigenvalue weighted by Crippen LogP contribution is 2.27. The highest BCUT2D eigenvalue weighted by molar-refractivity contribution is 7.89. The van der Waals surface area contributed by atoms with Crippen LogP contribution in [0.5, 0.6) is 5.75 Å². The van der Waals surface area contributed by atoms with Crippen molar-refractivity contribution in [3.05, 3.63) is 54.6 Å². The fraction of sp³-hybridized carbons (Fsp3) is 0.350. The number of piperidine rings is 1. The molecule has 9 heteroatoms. The highest BCUT2D eigenvalue weighted by atomic mass is 32.2. The summed E-state index contributed by atoms with van der Waals surface area (Å²) >= 11 is 0. The number of sulfonamides is 1. The summed E-state index contributed by atoms with van der Waals surface area (Å²) in [7, 11) is -1.99. The summed E-state index contributed by atoms with van der Waals surface area (Å²) in [5.74, 6) is 1.80. The van der Waals surface area contributed by atoms with E-state index in [1.54, 1.807) is 60.2 Å². The van der Waals surface area contributed by atoms with Gasteiger partial charge in [0.1, 0.15) is 5.75 Å². The van der Waals surface area contributed by atoms with Crippen LogP contribution in [0.3, 0.4) is 0 Å². The Labute approximate surface area is 169 Å². The second-order valence-electron chi connectivity index (χ2n) is 7.00. The molecular formula is C20H22N4O4S. The lowest BCUT2D eigenvalue weighted by molar-refractivity contribution is 0.261. The average Bonchev–Trinajstić information content (AvgIpc) is 3.23. The third-order valence-corrected chi connectivity index (χ3v) is 6.92. The van der Waals surface area contributed by atoms with Gasteiger partial charge in [0.25, 0.3) is 5.89 Å². The molecule has 2 aromatic heterocycles. The monoisotopic (exact) mass is 414 g/mol. The van der Waals surface area contributed by atoms with Crippen LogP contribution in [-0.2, 0) is 16.4 Å². The van der Waals surface area contributed by atoms with Gasteiger partial charge in [-0.2, -0.15) is 9.29 Å². The van der Waals surface area contributed by atoms with Crippen molar-refractivity contribution in [1.82, 2.24) is 19.4 Å². The summed E-state index contributed by atoms with van der Waals surface area (Å²) in [6.45, 7) is 0.951. The van der Waals surface area contributed by atoms with Crippen LogP contribution in [0.15, 0.2) is 58.2 Å². The number of methoxy groups -OCH3 is 1. The minimum absolute atomic E-state index is 0.139. The van der Waals surface area contributed by atoms with E-state index in [0.29, 0.717) is 37.0 Å². The molecular weight excluding hydrogens is 392 g/mol. The van der Waals surface area contributed by atoms with Crippen LogP contribution in [0.2, 0.25) is 0 Å². The number of hydrogen-bond acceptors (Lipinski definition) is 7. The summed E-state index contributed by atoms with van der Waals surface area (Å²) in [6.07, 6.45) is 5.64. The maximum absolute atomic E-state index is 13.0. The van der Waals surface area contributed by atoms with Crippen molar-refractivity contribution in [3.63, 3.8) is 0 Å². The van der Waals surface area contributed by atoms with Crippen LogP contribution >= 0.6 is 0 Å². The maximum Gasteiger partial charge on any atom is 0.258 e. The van der Waals surface area contributed by atoms with E-state index in [9.17, 15) is 8.42 Å². The molecule has 0 aliphatic carbocycles. The van der Waals surface area contributed by atoms with Gasteiger partial charge in [0.05, 0.1) is 12.0 Å². The minimum atomic E-state index is -3.54. The number of aromatic nitrogens is 3. The molecule has 0 N–H and O–H groups in total. The van der Waals surface area contributed by atoms with E-state index in [4.69, 9.17) is 9.26 Å². The molecule has 0 bridgehead atoms. The second kappa shape index (κ2) is 8.30. The Bertz CT molecular complexity index is 1050. The lowest BCUT2D eigenvalue weighted by Gasteiger charge is -2.31. The minimum Gasteiger partial charge on any atom is -0.497 e. The summed E-state index contributed by atoms with van der Waals surface area (Å²) < 4.78 is 38.0. The molecule has 29 heavy (non-hydrogen) atoms. The van der Waals surface area contributed by atoms with Gasteiger partial charge in [-0.3, -0.25) is 4.98 Å². The molecule has 1 aliphatic heterocycles. The summed E-state index contributed by atoms with van der Waals surface area (Å²) in [6, 6.07) is 10.1.